The van der Waals surface area contributed by atoms with Crippen molar-refractivity contribution in [3.63, 3.8) is 0 Å². The zero-order valence-corrected chi connectivity index (χ0v) is 10.9. The highest BCUT2D eigenvalue weighted by Crippen LogP contribution is 2.14. The summed E-state index contributed by atoms with van der Waals surface area (Å²) >= 11 is 0. The molecule has 19 heavy (non-hydrogen) atoms. The van der Waals surface area contributed by atoms with Crippen molar-refractivity contribution in [2.24, 2.45) is 5.92 Å². The molecule has 0 bridgehead atoms. The van der Waals surface area contributed by atoms with E-state index in [2.05, 4.69) is 10.6 Å². The fourth-order valence-corrected chi connectivity index (χ4v) is 2.38. The first-order valence-electron chi connectivity index (χ1n) is 6.51. The fourth-order valence-electron chi connectivity index (χ4n) is 2.38. The molecule has 0 radical (unpaired) electrons. The summed E-state index contributed by atoms with van der Waals surface area (Å²) in [5, 5.41) is 6.08. The third-order valence-corrected chi connectivity index (χ3v) is 3.58. The lowest BCUT2D eigenvalue weighted by Gasteiger charge is -2.19. The molecule has 104 valence electrons. The molecule has 0 spiro atoms. The number of amides is 1. The molecule has 1 heterocycles. The van der Waals surface area contributed by atoms with Crippen LogP contribution in [0.2, 0.25) is 0 Å². The molecular formula is C14H18F2N2O. The summed E-state index contributed by atoms with van der Waals surface area (Å²) in [4.78, 5) is 11.8. The first-order chi connectivity index (χ1) is 9.08. The average Bonchev–Trinajstić information content (AvgIpc) is 2.88. The van der Waals surface area contributed by atoms with Crippen LogP contribution in [-0.4, -0.2) is 25.0 Å². The minimum absolute atomic E-state index is 0.0409. The molecule has 1 amide bonds. The highest BCUT2D eigenvalue weighted by molar-refractivity contribution is 5.78. The van der Waals surface area contributed by atoms with Gasteiger partial charge in [0, 0.05) is 11.6 Å². The van der Waals surface area contributed by atoms with E-state index < -0.39 is 11.6 Å². The summed E-state index contributed by atoms with van der Waals surface area (Å²) in [5.41, 5.74) is 0.0919. The summed E-state index contributed by atoms with van der Waals surface area (Å²) < 4.78 is 26.5. The van der Waals surface area contributed by atoms with Gasteiger partial charge in [-0.2, -0.15) is 0 Å². The van der Waals surface area contributed by atoms with Crippen molar-refractivity contribution >= 4 is 5.91 Å². The lowest BCUT2D eigenvalue weighted by atomic mass is 10.0. The fraction of sp³-hybridized carbons (Fsp3) is 0.500. The molecule has 1 aliphatic rings. The zero-order chi connectivity index (χ0) is 13.8. The van der Waals surface area contributed by atoms with Crippen LogP contribution in [0.1, 0.15) is 18.9 Å². The number of halogens is 2. The molecule has 2 unspecified atom stereocenters. The second-order valence-electron chi connectivity index (χ2n) is 5.00. The van der Waals surface area contributed by atoms with Gasteiger partial charge in [0.05, 0.1) is 6.42 Å². The molecule has 3 nitrogen and oxygen atoms in total. The molecule has 0 aliphatic carbocycles. The average molecular weight is 268 g/mol. The van der Waals surface area contributed by atoms with Crippen LogP contribution in [0, 0.1) is 17.6 Å². The minimum atomic E-state index is -0.937. The van der Waals surface area contributed by atoms with Gasteiger partial charge in [0.2, 0.25) is 5.91 Å². The zero-order valence-electron chi connectivity index (χ0n) is 10.9. The van der Waals surface area contributed by atoms with Crippen LogP contribution in [0.4, 0.5) is 8.78 Å². The van der Waals surface area contributed by atoms with Crippen molar-refractivity contribution in [1.29, 1.82) is 0 Å². The Morgan fingerprint density at radius 3 is 3.00 bits per heavy atom. The first-order valence-corrected chi connectivity index (χ1v) is 6.51. The van der Waals surface area contributed by atoms with E-state index >= 15 is 0 Å². The molecule has 5 heteroatoms. The molecule has 1 aliphatic heterocycles. The van der Waals surface area contributed by atoms with Crippen LogP contribution < -0.4 is 10.6 Å². The first kappa shape index (κ1) is 13.9. The Morgan fingerprint density at radius 1 is 1.53 bits per heavy atom. The second kappa shape index (κ2) is 6.10. The van der Waals surface area contributed by atoms with Gasteiger partial charge in [0.1, 0.15) is 0 Å². The number of nitrogens with one attached hydrogen (secondary N) is 2. The van der Waals surface area contributed by atoms with E-state index in [4.69, 9.17) is 0 Å². The van der Waals surface area contributed by atoms with Gasteiger partial charge in [-0.1, -0.05) is 12.1 Å². The van der Waals surface area contributed by atoms with Crippen LogP contribution in [-0.2, 0) is 11.2 Å². The lowest BCUT2D eigenvalue weighted by Crippen LogP contribution is -2.39. The summed E-state index contributed by atoms with van der Waals surface area (Å²) in [6, 6.07) is 3.92. The van der Waals surface area contributed by atoms with Gasteiger partial charge in [0.25, 0.3) is 0 Å². The number of rotatable bonds is 4. The summed E-state index contributed by atoms with van der Waals surface area (Å²) in [6.45, 7) is 3.79. The Morgan fingerprint density at radius 2 is 2.32 bits per heavy atom. The van der Waals surface area contributed by atoms with E-state index in [0.717, 1.165) is 25.6 Å². The number of carbonyl (C=O) groups is 1. The van der Waals surface area contributed by atoms with Crippen LogP contribution in [0.3, 0.4) is 0 Å². The summed E-state index contributed by atoms with van der Waals surface area (Å²) in [7, 11) is 0. The van der Waals surface area contributed by atoms with Crippen LogP contribution in [0.5, 0.6) is 0 Å². The third kappa shape index (κ3) is 3.50. The maximum Gasteiger partial charge on any atom is 0.224 e. The van der Waals surface area contributed by atoms with Gasteiger partial charge in [-0.15, -0.1) is 0 Å². The highest BCUT2D eigenvalue weighted by Gasteiger charge is 2.23. The summed E-state index contributed by atoms with van der Waals surface area (Å²) in [6.07, 6.45) is 0.893. The van der Waals surface area contributed by atoms with Crippen molar-refractivity contribution < 1.29 is 13.6 Å². The van der Waals surface area contributed by atoms with Crippen molar-refractivity contribution in [2.45, 2.75) is 25.8 Å². The topological polar surface area (TPSA) is 41.1 Å². The Labute approximate surface area is 111 Å². The van der Waals surface area contributed by atoms with Gasteiger partial charge in [-0.05, 0) is 38.4 Å². The van der Waals surface area contributed by atoms with Crippen LogP contribution >= 0.6 is 0 Å². The largest absolute Gasteiger partial charge is 0.353 e. The third-order valence-electron chi connectivity index (χ3n) is 3.58. The Balaban J connectivity index is 1.91. The molecular weight excluding hydrogens is 250 g/mol. The molecule has 1 aromatic rings. The Hall–Kier alpha value is -1.49. The van der Waals surface area contributed by atoms with Gasteiger partial charge < -0.3 is 10.6 Å². The standard InChI is InChI=1S/C14H18F2N2O/c1-9(11-5-6-17-8-11)18-13(19)7-10-3-2-4-12(15)14(10)16/h2-4,9,11,17H,5-8H2,1H3,(H,18,19). The van der Waals surface area contributed by atoms with Crippen molar-refractivity contribution in [1.82, 2.24) is 10.6 Å². The second-order valence-corrected chi connectivity index (χ2v) is 5.00. The van der Waals surface area contributed by atoms with Crippen LogP contribution in [0.15, 0.2) is 18.2 Å². The Kier molecular flexibility index (Phi) is 4.47. The molecule has 2 atom stereocenters. The monoisotopic (exact) mass is 268 g/mol. The SMILES string of the molecule is CC(NC(=O)Cc1cccc(F)c1F)C1CCNC1. The maximum atomic E-state index is 13.4. The number of carbonyl (C=O) groups excluding carboxylic acids is 1. The molecule has 0 aromatic heterocycles. The normalized spacial score (nSPS) is 20.3. The van der Waals surface area contributed by atoms with E-state index in [1.807, 2.05) is 6.92 Å². The minimum Gasteiger partial charge on any atom is -0.353 e. The van der Waals surface area contributed by atoms with Gasteiger partial charge >= 0.3 is 0 Å². The smallest absolute Gasteiger partial charge is 0.224 e. The van der Waals surface area contributed by atoms with Gasteiger partial charge in [0.15, 0.2) is 11.6 Å². The van der Waals surface area contributed by atoms with Crippen LogP contribution in [0.25, 0.3) is 0 Å². The summed E-state index contributed by atoms with van der Waals surface area (Å²) in [5.74, 6) is -1.73. The molecule has 2 rings (SSSR count). The van der Waals surface area contributed by atoms with E-state index in [9.17, 15) is 13.6 Å². The van der Waals surface area contributed by atoms with E-state index in [1.165, 1.54) is 12.1 Å². The van der Waals surface area contributed by atoms with Crippen molar-refractivity contribution in [3.05, 3.63) is 35.4 Å². The highest BCUT2D eigenvalue weighted by atomic mass is 19.2. The number of benzene rings is 1. The Bertz CT molecular complexity index is 459. The molecule has 1 saturated heterocycles. The molecule has 1 aromatic carbocycles. The van der Waals surface area contributed by atoms with Crippen molar-refractivity contribution in [3.8, 4) is 0 Å². The molecule has 1 fully saturated rings. The van der Waals surface area contributed by atoms with E-state index in [-0.39, 0.29) is 23.9 Å². The van der Waals surface area contributed by atoms with Crippen molar-refractivity contribution in [2.75, 3.05) is 13.1 Å². The molecule has 0 saturated carbocycles. The lowest BCUT2D eigenvalue weighted by molar-refractivity contribution is -0.121. The number of hydrogen-bond acceptors (Lipinski definition) is 2. The van der Waals surface area contributed by atoms with E-state index in [1.54, 1.807) is 0 Å². The predicted octanol–water partition coefficient (Wildman–Crippen LogP) is 1.62. The maximum absolute atomic E-state index is 13.4. The quantitative estimate of drug-likeness (QED) is 0.871. The van der Waals surface area contributed by atoms with Gasteiger partial charge in [-0.3, -0.25) is 4.79 Å². The van der Waals surface area contributed by atoms with E-state index in [0.29, 0.717) is 5.92 Å². The molecule has 2 N–H and O–H groups in total. The van der Waals surface area contributed by atoms with Gasteiger partial charge in [-0.25, -0.2) is 8.78 Å². The number of hydrogen-bond donors (Lipinski definition) is 2. The predicted molar refractivity (Wildman–Crippen MR) is 68.6 cm³/mol.